The fourth-order valence-corrected chi connectivity index (χ4v) is 4.03. The highest BCUT2D eigenvalue weighted by molar-refractivity contribution is 5.97. The second kappa shape index (κ2) is 9.16. The number of amides is 1. The Labute approximate surface area is 187 Å². The van der Waals surface area contributed by atoms with Crippen LogP contribution in [0.5, 0.6) is 0 Å². The summed E-state index contributed by atoms with van der Waals surface area (Å²) in [6.07, 6.45) is 5.95. The third-order valence-corrected chi connectivity index (χ3v) is 5.59. The summed E-state index contributed by atoms with van der Waals surface area (Å²) in [4.78, 5) is 15.4. The van der Waals surface area contributed by atoms with Crippen LogP contribution >= 0.6 is 0 Å². The lowest BCUT2D eigenvalue weighted by molar-refractivity contribution is 0.0761. The molecule has 0 aliphatic carbocycles. The summed E-state index contributed by atoms with van der Waals surface area (Å²) < 4.78 is 5.75. The molecule has 32 heavy (non-hydrogen) atoms. The SMILES string of the molecule is C/C=C/C1CCCN1C(=O)c1cc(-c2nnc(C(C)N)o2)cc(-c2ccccc2C#N)c1. The van der Waals surface area contributed by atoms with Crippen LogP contribution in [0.3, 0.4) is 0 Å². The maximum Gasteiger partial charge on any atom is 0.254 e. The topological polar surface area (TPSA) is 109 Å². The van der Waals surface area contributed by atoms with Crippen LogP contribution < -0.4 is 5.73 Å². The average Bonchev–Trinajstić information content (AvgIpc) is 3.49. The molecule has 2 heterocycles. The van der Waals surface area contributed by atoms with E-state index in [9.17, 15) is 10.1 Å². The molecule has 1 aliphatic rings. The van der Waals surface area contributed by atoms with Crippen molar-refractivity contribution in [1.29, 1.82) is 5.26 Å². The van der Waals surface area contributed by atoms with Crippen molar-refractivity contribution in [3.8, 4) is 28.7 Å². The van der Waals surface area contributed by atoms with Crippen molar-refractivity contribution in [2.24, 2.45) is 5.73 Å². The summed E-state index contributed by atoms with van der Waals surface area (Å²) in [5.41, 5.74) is 9.00. The van der Waals surface area contributed by atoms with Gasteiger partial charge in [-0.2, -0.15) is 5.26 Å². The minimum atomic E-state index is -0.397. The van der Waals surface area contributed by atoms with E-state index in [0.717, 1.165) is 24.0 Å². The minimum absolute atomic E-state index is 0.0601. The summed E-state index contributed by atoms with van der Waals surface area (Å²) in [5, 5.41) is 17.7. The van der Waals surface area contributed by atoms with E-state index in [1.165, 1.54) is 0 Å². The molecule has 1 saturated heterocycles. The number of nitrogens with zero attached hydrogens (tertiary/aromatic N) is 4. The lowest BCUT2D eigenvalue weighted by Crippen LogP contribution is -2.34. The van der Waals surface area contributed by atoms with Crippen LogP contribution in [0, 0.1) is 11.3 Å². The number of hydrogen-bond acceptors (Lipinski definition) is 6. The number of carbonyl (C=O) groups excluding carboxylic acids is 1. The van der Waals surface area contributed by atoms with Gasteiger partial charge in [0.15, 0.2) is 0 Å². The third kappa shape index (κ3) is 4.18. The summed E-state index contributed by atoms with van der Waals surface area (Å²) >= 11 is 0. The highest BCUT2D eigenvalue weighted by Gasteiger charge is 2.28. The maximum absolute atomic E-state index is 13.5. The van der Waals surface area contributed by atoms with E-state index < -0.39 is 6.04 Å². The van der Waals surface area contributed by atoms with E-state index >= 15 is 0 Å². The highest BCUT2D eigenvalue weighted by Crippen LogP contribution is 2.32. The molecule has 0 bridgehead atoms. The molecular weight excluding hydrogens is 402 g/mol. The first kappa shape index (κ1) is 21.5. The van der Waals surface area contributed by atoms with Gasteiger partial charge < -0.3 is 15.1 Å². The van der Waals surface area contributed by atoms with Gasteiger partial charge in [-0.25, -0.2) is 0 Å². The van der Waals surface area contributed by atoms with Crippen molar-refractivity contribution in [3.63, 3.8) is 0 Å². The summed E-state index contributed by atoms with van der Waals surface area (Å²) in [6.45, 7) is 4.43. The van der Waals surface area contributed by atoms with Crippen LogP contribution in [-0.4, -0.2) is 33.6 Å². The predicted octanol–water partition coefficient (Wildman–Crippen LogP) is 4.48. The molecule has 7 heteroatoms. The van der Waals surface area contributed by atoms with Crippen molar-refractivity contribution in [2.45, 2.75) is 38.8 Å². The fourth-order valence-electron chi connectivity index (χ4n) is 4.03. The van der Waals surface area contributed by atoms with Gasteiger partial charge in [-0.15, -0.1) is 10.2 Å². The van der Waals surface area contributed by atoms with E-state index in [1.807, 2.05) is 48.2 Å². The van der Waals surface area contributed by atoms with Crippen molar-refractivity contribution >= 4 is 5.91 Å². The molecule has 2 N–H and O–H groups in total. The lowest BCUT2D eigenvalue weighted by Gasteiger charge is -2.23. The Morgan fingerprint density at radius 3 is 2.78 bits per heavy atom. The summed E-state index contributed by atoms with van der Waals surface area (Å²) in [7, 11) is 0. The molecule has 1 aromatic heterocycles. The van der Waals surface area contributed by atoms with Gasteiger partial charge in [-0.05, 0) is 62.1 Å². The van der Waals surface area contributed by atoms with Gasteiger partial charge in [0.1, 0.15) is 0 Å². The van der Waals surface area contributed by atoms with Crippen molar-refractivity contribution in [3.05, 3.63) is 71.6 Å². The van der Waals surface area contributed by atoms with Crippen molar-refractivity contribution < 1.29 is 9.21 Å². The number of nitriles is 1. The molecule has 1 fully saturated rings. The second-order valence-electron chi connectivity index (χ2n) is 7.92. The van der Waals surface area contributed by atoms with Gasteiger partial charge in [0.25, 0.3) is 5.91 Å². The number of rotatable bonds is 5. The van der Waals surface area contributed by atoms with Crippen LogP contribution in [0.2, 0.25) is 0 Å². The molecular formula is C25H25N5O2. The molecule has 7 nitrogen and oxygen atoms in total. The van der Waals surface area contributed by atoms with Gasteiger partial charge in [-0.3, -0.25) is 4.79 Å². The van der Waals surface area contributed by atoms with Crippen LogP contribution in [0.4, 0.5) is 0 Å². The van der Waals surface area contributed by atoms with E-state index in [2.05, 4.69) is 22.3 Å². The van der Waals surface area contributed by atoms with Gasteiger partial charge in [0.2, 0.25) is 11.8 Å². The molecule has 2 aromatic carbocycles. The number of allylic oxidation sites excluding steroid dienone is 1. The Kier molecular flexibility index (Phi) is 6.15. The summed E-state index contributed by atoms with van der Waals surface area (Å²) in [5.74, 6) is 0.549. The number of nitrogens with two attached hydrogens (primary N) is 1. The van der Waals surface area contributed by atoms with Crippen molar-refractivity contribution in [2.75, 3.05) is 6.54 Å². The smallest absolute Gasteiger partial charge is 0.254 e. The predicted molar refractivity (Wildman–Crippen MR) is 121 cm³/mol. The largest absolute Gasteiger partial charge is 0.419 e. The van der Waals surface area contributed by atoms with E-state index in [4.69, 9.17) is 10.2 Å². The zero-order valence-electron chi connectivity index (χ0n) is 18.2. The molecule has 2 unspecified atom stereocenters. The summed E-state index contributed by atoms with van der Waals surface area (Å²) in [6, 6.07) is 14.7. The van der Waals surface area contributed by atoms with Gasteiger partial charge in [0.05, 0.1) is 23.7 Å². The maximum atomic E-state index is 13.5. The molecule has 3 aromatic rings. The zero-order valence-corrected chi connectivity index (χ0v) is 18.2. The van der Waals surface area contributed by atoms with Crippen LogP contribution in [0.1, 0.15) is 54.5 Å². The monoisotopic (exact) mass is 427 g/mol. The first-order valence-electron chi connectivity index (χ1n) is 10.7. The quantitative estimate of drug-likeness (QED) is 0.602. The lowest BCUT2D eigenvalue weighted by atomic mass is 9.95. The van der Waals surface area contributed by atoms with Crippen LogP contribution in [-0.2, 0) is 0 Å². The Morgan fingerprint density at radius 2 is 2.06 bits per heavy atom. The second-order valence-corrected chi connectivity index (χ2v) is 7.92. The van der Waals surface area contributed by atoms with E-state index in [0.29, 0.717) is 29.1 Å². The van der Waals surface area contributed by atoms with Gasteiger partial charge in [0, 0.05) is 17.7 Å². The van der Waals surface area contributed by atoms with Crippen LogP contribution in [0.15, 0.2) is 59.0 Å². The first-order valence-corrected chi connectivity index (χ1v) is 10.7. The molecule has 4 rings (SSSR count). The highest BCUT2D eigenvalue weighted by atomic mass is 16.4. The van der Waals surface area contributed by atoms with E-state index in [-0.39, 0.29) is 17.8 Å². The first-order chi connectivity index (χ1) is 15.5. The zero-order chi connectivity index (χ0) is 22.7. The molecule has 1 aliphatic heterocycles. The number of hydrogen-bond donors (Lipinski definition) is 1. The van der Waals surface area contributed by atoms with Crippen molar-refractivity contribution in [1.82, 2.24) is 15.1 Å². The number of benzene rings is 2. The minimum Gasteiger partial charge on any atom is -0.419 e. The fraction of sp³-hybridized carbons (Fsp3) is 0.280. The number of carbonyl (C=O) groups is 1. The Balaban J connectivity index is 1.84. The average molecular weight is 428 g/mol. The number of likely N-dealkylation sites (tertiary alicyclic amines) is 1. The molecule has 162 valence electrons. The Morgan fingerprint density at radius 1 is 1.28 bits per heavy atom. The Hall–Kier alpha value is -3.76. The van der Waals surface area contributed by atoms with Crippen LogP contribution in [0.25, 0.3) is 22.6 Å². The van der Waals surface area contributed by atoms with Gasteiger partial charge >= 0.3 is 0 Å². The standard InChI is InChI=1S/C25H25N5O2/c1-3-7-21-9-6-11-30(21)25(31)20-13-18(22-10-5-4-8-17(22)15-26)12-19(14-20)24-29-28-23(32-24)16(2)27/h3-5,7-8,10,12-14,16,21H,6,9,11,27H2,1-2H3/b7-3+. The Bertz CT molecular complexity index is 1210. The molecule has 0 saturated carbocycles. The third-order valence-electron chi connectivity index (χ3n) is 5.59. The molecule has 2 atom stereocenters. The number of aromatic nitrogens is 2. The van der Waals surface area contributed by atoms with Gasteiger partial charge in [-0.1, -0.05) is 30.4 Å². The molecule has 0 spiro atoms. The normalized spacial score (nSPS) is 16.9. The van der Waals surface area contributed by atoms with E-state index in [1.54, 1.807) is 19.1 Å². The molecule has 1 amide bonds. The molecule has 0 radical (unpaired) electrons.